The van der Waals surface area contributed by atoms with Crippen LogP contribution in [0.1, 0.15) is 0 Å². The minimum absolute atomic E-state index is 0.0639. The summed E-state index contributed by atoms with van der Waals surface area (Å²) in [7, 11) is 0. The van der Waals surface area contributed by atoms with Crippen LogP contribution < -0.4 is 4.90 Å². The standard InChI is InChI=1S/C13H10N2O2S/c1-2-7-14-8-11(16)15-9-5-3-4-6-10(9)18-13(15)12(14)17/h1,3-6,13H,7-8H2. The molecule has 2 aliphatic rings. The normalized spacial score (nSPS) is 21.6. The lowest BCUT2D eigenvalue weighted by molar-refractivity contribution is -0.138. The molecular formula is C13H10N2O2S. The van der Waals surface area contributed by atoms with Crippen molar-refractivity contribution >= 4 is 29.3 Å². The average Bonchev–Trinajstić information content (AvgIpc) is 2.76. The number of piperazine rings is 1. The van der Waals surface area contributed by atoms with E-state index in [1.807, 2.05) is 24.3 Å². The number of amides is 2. The summed E-state index contributed by atoms with van der Waals surface area (Å²) in [6.45, 7) is 0.250. The molecule has 3 rings (SSSR count). The maximum atomic E-state index is 12.2. The molecule has 90 valence electrons. The zero-order valence-electron chi connectivity index (χ0n) is 9.50. The Labute approximate surface area is 109 Å². The van der Waals surface area contributed by atoms with Gasteiger partial charge in [-0.2, -0.15) is 0 Å². The van der Waals surface area contributed by atoms with Crippen molar-refractivity contribution in [2.75, 3.05) is 18.0 Å². The second-order valence-corrected chi connectivity index (χ2v) is 5.22. The topological polar surface area (TPSA) is 40.6 Å². The number of anilines is 1. The molecule has 18 heavy (non-hydrogen) atoms. The molecule has 0 bridgehead atoms. The van der Waals surface area contributed by atoms with E-state index < -0.39 is 5.37 Å². The van der Waals surface area contributed by atoms with Crippen LogP contribution in [0.4, 0.5) is 5.69 Å². The average molecular weight is 258 g/mol. The minimum Gasteiger partial charge on any atom is -0.320 e. The zero-order chi connectivity index (χ0) is 12.7. The van der Waals surface area contributed by atoms with Gasteiger partial charge in [0.05, 0.1) is 12.2 Å². The van der Waals surface area contributed by atoms with Crippen LogP contribution in [-0.2, 0) is 9.59 Å². The molecule has 2 amide bonds. The van der Waals surface area contributed by atoms with Crippen molar-refractivity contribution in [1.29, 1.82) is 0 Å². The quantitative estimate of drug-likeness (QED) is 0.704. The molecule has 1 aromatic rings. The van der Waals surface area contributed by atoms with Crippen LogP contribution in [-0.4, -0.2) is 35.2 Å². The van der Waals surface area contributed by atoms with Crippen LogP contribution in [0.3, 0.4) is 0 Å². The van der Waals surface area contributed by atoms with Crippen LogP contribution >= 0.6 is 11.8 Å². The molecule has 0 N–H and O–H groups in total. The molecule has 0 radical (unpaired) electrons. The highest BCUT2D eigenvalue weighted by Crippen LogP contribution is 2.45. The Morgan fingerprint density at radius 1 is 1.39 bits per heavy atom. The Morgan fingerprint density at radius 2 is 2.17 bits per heavy atom. The molecule has 2 heterocycles. The van der Waals surface area contributed by atoms with Gasteiger partial charge in [-0.1, -0.05) is 29.8 Å². The molecule has 2 aliphatic heterocycles. The molecule has 0 aromatic heterocycles. The highest BCUT2D eigenvalue weighted by molar-refractivity contribution is 8.01. The maximum Gasteiger partial charge on any atom is 0.257 e. The zero-order valence-corrected chi connectivity index (χ0v) is 10.3. The fourth-order valence-electron chi connectivity index (χ4n) is 2.20. The van der Waals surface area contributed by atoms with Crippen molar-refractivity contribution in [2.45, 2.75) is 10.3 Å². The van der Waals surface area contributed by atoms with Gasteiger partial charge in [0, 0.05) is 4.90 Å². The SMILES string of the molecule is C#CCN1CC(=O)N2c3ccccc3SC2C1=O. The summed E-state index contributed by atoms with van der Waals surface area (Å²) in [5.41, 5.74) is 0.825. The number of hydrogen-bond acceptors (Lipinski definition) is 3. The highest BCUT2D eigenvalue weighted by Gasteiger charge is 2.45. The number of rotatable bonds is 1. The third-order valence-electron chi connectivity index (χ3n) is 3.00. The lowest BCUT2D eigenvalue weighted by Gasteiger charge is -2.34. The molecule has 5 heteroatoms. The number of carbonyl (C=O) groups is 2. The number of fused-ring (bicyclic) bond motifs is 3. The Hall–Kier alpha value is -1.93. The number of hydrogen-bond donors (Lipinski definition) is 0. The Morgan fingerprint density at radius 3 is 2.94 bits per heavy atom. The van der Waals surface area contributed by atoms with Gasteiger partial charge in [0.2, 0.25) is 5.91 Å². The van der Waals surface area contributed by atoms with Crippen LogP contribution in [0, 0.1) is 12.3 Å². The summed E-state index contributed by atoms with van der Waals surface area (Å²) in [5, 5.41) is -0.489. The number of carbonyl (C=O) groups excluding carboxylic acids is 2. The van der Waals surface area contributed by atoms with E-state index in [4.69, 9.17) is 6.42 Å². The van der Waals surface area contributed by atoms with Crippen molar-refractivity contribution < 1.29 is 9.59 Å². The molecule has 0 aliphatic carbocycles. The number of thioether (sulfide) groups is 1. The van der Waals surface area contributed by atoms with Gasteiger partial charge in [0.15, 0.2) is 5.37 Å². The van der Waals surface area contributed by atoms with Crippen molar-refractivity contribution in [3.05, 3.63) is 24.3 Å². The number of terminal acetylenes is 1. The third kappa shape index (κ3) is 1.50. The van der Waals surface area contributed by atoms with E-state index in [1.54, 1.807) is 4.90 Å². The second kappa shape index (κ2) is 4.07. The fourth-order valence-corrected chi connectivity index (χ4v) is 3.47. The Balaban J connectivity index is 1.98. The van der Waals surface area contributed by atoms with E-state index in [-0.39, 0.29) is 24.9 Å². The van der Waals surface area contributed by atoms with Crippen LogP contribution in [0.2, 0.25) is 0 Å². The van der Waals surface area contributed by atoms with Crippen molar-refractivity contribution in [3.63, 3.8) is 0 Å². The summed E-state index contributed by atoms with van der Waals surface area (Å²) in [4.78, 5) is 28.3. The van der Waals surface area contributed by atoms with E-state index >= 15 is 0 Å². The maximum absolute atomic E-state index is 12.2. The summed E-state index contributed by atoms with van der Waals surface area (Å²) in [5.74, 6) is 2.25. The van der Waals surface area contributed by atoms with Gasteiger partial charge >= 0.3 is 0 Å². The molecule has 1 fully saturated rings. The number of nitrogens with zero attached hydrogens (tertiary/aromatic N) is 2. The van der Waals surface area contributed by atoms with Crippen LogP contribution in [0.5, 0.6) is 0 Å². The molecule has 1 aromatic carbocycles. The molecule has 0 spiro atoms. The third-order valence-corrected chi connectivity index (χ3v) is 4.23. The monoisotopic (exact) mass is 258 g/mol. The molecule has 1 atom stereocenters. The molecular weight excluding hydrogens is 248 g/mol. The van der Waals surface area contributed by atoms with Crippen molar-refractivity contribution in [3.8, 4) is 12.3 Å². The van der Waals surface area contributed by atoms with Gasteiger partial charge in [-0.15, -0.1) is 6.42 Å². The molecule has 0 saturated carbocycles. The van der Waals surface area contributed by atoms with Crippen molar-refractivity contribution in [1.82, 2.24) is 4.90 Å². The summed E-state index contributed by atoms with van der Waals surface area (Å²) >= 11 is 1.41. The van der Waals surface area contributed by atoms with Gasteiger partial charge in [-0.3, -0.25) is 14.5 Å². The predicted octanol–water partition coefficient (Wildman–Crippen LogP) is 0.927. The van der Waals surface area contributed by atoms with E-state index in [0.29, 0.717) is 0 Å². The van der Waals surface area contributed by atoms with Gasteiger partial charge < -0.3 is 4.90 Å². The molecule has 1 saturated heterocycles. The molecule has 4 nitrogen and oxygen atoms in total. The number of para-hydroxylation sites is 1. The Bertz CT molecular complexity index is 579. The first-order valence-electron chi connectivity index (χ1n) is 5.52. The first kappa shape index (κ1) is 11.2. The minimum atomic E-state index is -0.489. The van der Waals surface area contributed by atoms with Gasteiger partial charge in [0.1, 0.15) is 6.54 Å². The second-order valence-electron chi connectivity index (χ2n) is 4.10. The first-order chi connectivity index (χ1) is 8.72. The van der Waals surface area contributed by atoms with Gasteiger partial charge in [-0.25, -0.2) is 0 Å². The van der Waals surface area contributed by atoms with Gasteiger partial charge in [0.25, 0.3) is 5.91 Å². The summed E-state index contributed by atoms with van der Waals surface area (Å²) < 4.78 is 0. The fraction of sp³-hybridized carbons (Fsp3) is 0.231. The van der Waals surface area contributed by atoms with E-state index in [2.05, 4.69) is 5.92 Å². The smallest absolute Gasteiger partial charge is 0.257 e. The first-order valence-corrected chi connectivity index (χ1v) is 6.40. The largest absolute Gasteiger partial charge is 0.320 e. The van der Waals surface area contributed by atoms with Gasteiger partial charge in [-0.05, 0) is 12.1 Å². The summed E-state index contributed by atoms with van der Waals surface area (Å²) in [6.07, 6.45) is 5.21. The Kier molecular flexibility index (Phi) is 2.53. The predicted molar refractivity (Wildman–Crippen MR) is 69.0 cm³/mol. The number of benzene rings is 1. The molecule has 1 unspecified atom stereocenters. The van der Waals surface area contributed by atoms with E-state index in [9.17, 15) is 9.59 Å². The van der Waals surface area contributed by atoms with E-state index in [1.165, 1.54) is 16.7 Å². The van der Waals surface area contributed by atoms with E-state index in [0.717, 1.165) is 10.6 Å². The van der Waals surface area contributed by atoms with Crippen LogP contribution in [0.15, 0.2) is 29.2 Å². The summed E-state index contributed by atoms with van der Waals surface area (Å²) in [6, 6.07) is 7.56. The lowest BCUT2D eigenvalue weighted by Crippen LogP contribution is -2.57. The van der Waals surface area contributed by atoms with Crippen molar-refractivity contribution in [2.24, 2.45) is 0 Å². The lowest BCUT2D eigenvalue weighted by atomic mass is 10.2. The van der Waals surface area contributed by atoms with Crippen LogP contribution in [0.25, 0.3) is 0 Å². The highest BCUT2D eigenvalue weighted by atomic mass is 32.2.